The minimum atomic E-state index is -0.280. The van der Waals surface area contributed by atoms with Crippen LogP contribution >= 0.6 is 12.4 Å². The Bertz CT molecular complexity index is 379. The third-order valence-electron chi connectivity index (χ3n) is 2.85. The monoisotopic (exact) mass is 258 g/mol. The molecule has 1 amide bonds. The van der Waals surface area contributed by atoms with E-state index < -0.39 is 0 Å². The van der Waals surface area contributed by atoms with Gasteiger partial charge in [0.1, 0.15) is 5.82 Å². The fourth-order valence-corrected chi connectivity index (χ4v) is 1.77. The topological polar surface area (TPSA) is 32.3 Å². The lowest BCUT2D eigenvalue weighted by Gasteiger charge is -2.31. The highest BCUT2D eigenvalue weighted by atomic mass is 35.5. The Morgan fingerprint density at radius 1 is 1.41 bits per heavy atom. The van der Waals surface area contributed by atoms with E-state index in [1.54, 1.807) is 17.0 Å². The molecule has 0 radical (unpaired) electrons. The number of halogens is 2. The van der Waals surface area contributed by atoms with Crippen molar-refractivity contribution in [3.05, 3.63) is 30.1 Å². The van der Waals surface area contributed by atoms with Crippen LogP contribution in [0.15, 0.2) is 24.3 Å². The van der Waals surface area contributed by atoms with Crippen LogP contribution < -0.4 is 10.2 Å². The van der Waals surface area contributed by atoms with Crippen LogP contribution in [0.25, 0.3) is 0 Å². The van der Waals surface area contributed by atoms with Crippen LogP contribution in [0.5, 0.6) is 0 Å². The van der Waals surface area contributed by atoms with Crippen molar-refractivity contribution in [2.75, 3.05) is 24.5 Å². The molecule has 1 aliphatic heterocycles. The van der Waals surface area contributed by atoms with E-state index >= 15 is 0 Å². The van der Waals surface area contributed by atoms with Crippen LogP contribution in [0.4, 0.5) is 10.1 Å². The number of anilines is 1. The molecule has 0 bridgehead atoms. The number of nitrogens with one attached hydrogen (secondary N) is 1. The van der Waals surface area contributed by atoms with E-state index in [4.69, 9.17) is 0 Å². The standard InChI is InChI=1S/C12H15FN2O.ClH/c1-2-15(12(16)9-7-14-8-9)11-5-3-10(13)4-6-11;/h3-6,9,14H,2,7-8H2,1H3;1H. The first-order chi connectivity index (χ1) is 7.72. The van der Waals surface area contributed by atoms with Gasteiger partial charge in [-0.3, -0.25) is 4.79 Å². The number of rotatable bonds is 3. The zero-order valence-corrected chi connectivity index (χ0v) is 10.5. The van der Waals surface area contributed by atoms with Gasteiger partial charge in [0.15, 0.2) is 0 Å². The fraction of sp³-hybridized carbons (Fsp3) is 0.417. The normalized spacial score (nSPS) is 14.7. The molecule has 1 aromatic carbocycles. The van der Waals surface area contributed by atoms with Gasteiger partial charge in [-0.15, -0.1) is 12.4 Å². The zero-order chi connectivity index (χ0) is 11.5. The molecule has 2 rings (SSSR count). The Kier molecular flexibility index (Phi) is 4.90. The molecule has 0 spiro atoms. The number of nitrogens with zero attached hydrogens (tertiary/aromatic N) is 1. The third kappa shape index (κ3) is 2.96. The van der Waals surface area contributed by atoms with Crippen molar-refractivity contribution >= 4 is 24.0 Å². The van der Waals surface area contributed by atoms with Gasteiger partial charge in [0, 0.05) is 25.3 Å². The van der Waals surface area contributed by atoms with Gasteiger partial charge in [-0.1, -0.05) is 0 Å². The largest absolute Gasteiger partial charge is 0.315 e. The Labute approximate surface area is 106 Å². The van der Waals surface area contributed by atoms with Crippen LogP contribution in [0.1, 0.15) is 6.92 Å². The summed E-state index contributed by atoms with van der Waals surface area (Å²) in [5.74, 6) is -0.0876. The molecule has 1 heterocycles. The van der Waals surface area contributed by atoms with Gasteiger partial charge in [0.05, 0.1) is 5.92 Å². The fourth-order valence-electron chi connectivity index (χ4n) is 1.77. The summed E-state index contributed by atoms with van der Waals surface area (Å²) in [6.07, 6.45) is 0. The van der Waals surface area contributed by atoms with Crippen molar-refractivity contribution < 1.29 is 9.18 Å². The number of hydrogen-bond acceptors (Lipinski definition) is 2. The molecule has 1 N–H and O–H groups in total. The third-order valence-corrected chi connectivity index (χ3v) is 2.85. The zero-order valence-electron chi connectivity index (χ0n) is 9.65. The number of benzene rings is 1. The molecule has 0 aliphatic carbocycles. The first-order valence-electron chi connectivity index (χ1n) is 5.50. The first kappa shape index (κ1) is 13.9. The number of hydrogen-bond donors (Lipinski definition) is 1. The van der Waals surface area contributed by atoms with Crippen LogP contribution in [-0.2, 0) is 4.79 Å². The van der Waals surface area contributed by atoms with Gasteiger partial charge in [-0.2, -0.15) is 0 Å². The van der Waals surface area contributed by atoms with Crippen molar-refractivity contribution in [2.24, 2.45) is 5.92 Å². The number of carbonyl (C=O) groups excluding carboxylic acids is 1. The maximum atomic E-state index is 12.8. The van der Waals surface area contributed by atoms with Gasteiger partial charge in [-0.25, -0.2) is 4.39 Å². The van der Waals surface area contributed by atoms with Crippen molar-refractivity contribution in [1.82, 2.24) is 5.32 Å². The Morgan fingerprint density at radius 2 is 2.00 bits per heavy atom. The predicted octanol–water partition coefficient (Wildman–Crippen LogP) is 1.82. The summed E-state index contributed by atoms with van der Waals surface area (Å²) in [7, 11) is 0. The number of amides is 1. The molecule has 3 nitrogen and oxygen atoms in total. The smallest absolute Gasteiger partial charge is 0.232 e. The van der Waals surface area contributed by atoms with E-state index in [1.165, 1.54) is 12.1 Å². The predicted molar refractivity (Wildman–Crippen MR) is 68.0 cm³/mol. The lowest BCUT2D eigenvalue weighted by atomic mass is 10.0. The maximum Gasteiger partial charge on any atom is 0.232 e. The molecule has 17 heavy (non-hydrogen) atoms. The Hall–Kier alpha value is -1.13. The van der Waals surface area contributed by atoms with Gasteiger partial charge < -0.3 is 10.2 Å². The second-order valence-electron chi connectivity index (χ2n) is 3.91. The lowest BCUT2D eigenvalue weighted by Crippen LogP contribution is -2.52. The molecule has 0 aromatic heterocycles. The minimum Gasteiger partial charge on any atom is -0.315 e. The molecule has 1 saturated heterocycles. The van der Waals surface area contributed by atoms with E-state index in [9.17, 15) is 9.18 Å². The molecule has 1 aliphatic rings. The quantitative estimate of drug-likeness (QED) is 0.897. The van der Waals surface area contributed by atoms with Gasteiger partial charge >= 0.3 is 0 Å². The SMILES string of the molecule is CCN(C(=O)C1CNC1)c1ccc(F)cc1.Cl. The molecule has 1 aromatic rings. The van der Waals surface area contributed by atoms with E-state index in [0.717, 1.165) is 18.8 Å². The van der Waals surface area contributed by atoms with E-state index in [-0.39, 0.29) is 30.0 Å². The van der Waals surface area contributed by atoms with Crippen molar-refractivity contribution in [3.8, 4) is 0 Å². The Morgan fingerprint density at radius 3 is 2.41 bits per heavy atom. The molecule has 0 atom stereocenters. The van der Waals surface area contributed by atoms with Crippen molar-refractivity contribution in [2.45, 2.75) is 6.92 Å². The second kappa shape index (κ2) is 5.98. The highest BCUT2D eigenvalue weighted by molar-refractivity contribution is 5.95. The highest BCUT2D eigenvalue weighted by Crippen LogP contribution is 2.18. The molecule has 94 valence electrons. The Balaban J connectivity index is 0.00000144. The van der Waals surface area contributed by atoms with Gasteiger partial charge in [-0.05, 0) is 31.2 Å². The van der Waals surface area contributed by atoms with Crippen LogP contribution in [0.3, 0.4) is 0 Å². The summed E-state index contributed by atoms with van der Waals surface area (Å²) in [5.41, 5.74) is 0.765. The summed E-state index contributed by atoms with van der Waals surface area (Å²) < 4.78 is 12.8. The summed E-state index contributed by atoms with van der Waals surface area (Å²) in [6.45, 7) is 4.03. The number of carbonyl (C=O) groups is 1. The first-order valence-corrected chi connectivity index (χ1v) is 5.50. The minimum absolute atomic E-state index is 0. The van der Waals surface area contributed by atoms with Gasteiger partial charge in [0.25, 0.3) is 0 Å². The van der Waals surface area contributed by atoms with Crippen molar-refractivity contribution in [3.63, 3.8) is 0 Å². The summed E-state index contributed by atoms with van der Waals surface area (Å²) in [5, 5.41) is 3.07. The summed E-state index contributed by atoms with van der Waals surface area (Å²) in [6, 6.07) is 6.04. The van der Waals surface area contributed by atoms with Gasteiger partial charge in [0.2, 0.25) is 5.91 Å². The summed E-state index contributed by atoms with van der Waals surface area (Å²) in [4.78, 5) is 13.7. The highest BCUT2D eigenvalue weighted by Gasteiger charge is 2.29. The summed E-state index contributed by atoms with van der Waals surface area (Å²) >= 11 is 0. The second-order valence-corrected chi connectivity index (χ2v) is 3.91. The lowest BCUT2D eigenvalue weighted by molar-refractivity contribution is -0.123. The van der Waals surface area contributed by atoms with Crippen LogP contribution in [-0.4, -0.2) is 25.5 Å². The van der Waals surface area contributed by atoms with E-state index in [2.05, 4.69) is 5.32 Å². The molecule has 5 heteroatoms. The van der Waals surface area contributed by atoms with E-state index in [1.807, 2.05) is 6.92 Å². The average Bonchev–Trinajstić information content (AvgIpc) is 2.19. The van der Waals surface area contributed by atoms with E-state index in [0.29, 0.717) is 6.54 Å². The maximum absolute atomic E-state index is 12.8. The molecule has 1 fully saturated rings. The van der Waals surface area contributed by atoms with Crippen molar-refractivity contribution in [1.29, 1.82) is 0 Å². The molecule has 0 saturated carbocycles. The van der Waals surface area contributed by atoms with Crippen LogP contribution in [0, 0.1) is 11.7 Å². The van der Waals surface area contributed by atoms with Crippen LogP contribution in [0.2, 0.25) is 0 Å². The molecule has 0 unspecified atom stereocenters. The molecular formula is C12H16ClFN2O. The average molecular weight is 259 g/mol. The molecular weight excluding hydrogens is 243 g/mol.